The number of carbonyl (C=O) groups excluding carboxylic acids is 1. The molecule has 2 aromatic carbocycles. The predicted octanol–water partition coefficient (Wildman–Crippen LogP) is 3.79. The van der Waals surface area contributed by atoms with Crippen LogP contribution in [0.4, 0.5) is 11.5 Å². The monoisotopic (exact) mass is 361 g/mol. The summed E-state index contributed by atoms with van der Waals surface area (Å²) in [5, 5.41) is 6.14. The molecule has 6 heteroatoms. The van der Waals surface area contributed by atoms with Crippen LogP contribution < -0.4 is 20.1 Å². The number of fused-ring (bicyclic) bond motifs is 1. The van der Waals surface area contributed by atoms with Crippen LogP contribution in [0.2, 0.25) is 0 Å². The first kappa shape index (κ1) is 16.9. The minimum atomic E-state index is -0.144. The van der Waals surface area contributed by atoms with Crippen LogP contribution in [0.3, 0.4) is 0 Å². The Balaban J connectivity index is 1.44. The summed E-state index contributed by atoms with van der Waals surface area (Å²) in [6.45, 7) is 2.74. The number of amides is 1. The number of carbonyl (C=O) groups is 1. The molecule has 6 nitrogen and oxygen atoms in total. The molecule has 0 saturated carbocycles. The second-order valence-corrected chi connectivity index (χ2v) is 6.23. The molecule has 0 atom stereocenters. The second-order valence-electron chi connectivity index (χ2n) is 6.23. The van der Waals surface area contributed by atoms with Gasteiger partial charge in [-0.3, -0.25) is 4.79 Å². The van der Waals surface area contributed by atoms with Crippen LogP contribution in [0.15, 0.2) is 60.8 Å². The molecular weight excluding hydrogens is 342 g/mol. The summed E-state index contributed by atoms with van der Waals surface area (Å²) >= 11 is 0. The van der Waals surface area contributed by atoms with Crippen LogP contribution in [-0.4, -0.2) is 17.7 Å². The normalized spacial score (nSPS) is 11.9. The molecule has 0 unspecified atom stereocenters. The number of hydrogen-bond donors (Lipinski definition) is 2. The molecule has 1 aromatic heterocycles. The van der Waals surface area contributed by atoms with Gasteiger partial charge in [0.05, 0.1) is 0 Å². The Morgan fingerprint density at radius 3 is 2.81 bits per heavy atom. The number of nitrogens with zero attached hydrogens (tertiary/aromatic N) is 1. The van der Waals surface area contributed by atoms with E-state index in [-0.39, 0.29) is 12.7 Å². The number of hydrogen-bond acceptors (Lipinski definition) is 5. The Morgan fingerprint density at radius 1 is 1.07 bits per heavy atom. The highest BCUT2D eigenvalue weighted by Gasteiger charge is 2.14. The Morgan fingerprint density at radius 2 is 1.93 bits per heavy atom. The van der Waals surface area contributed by atoms with Gasteiger partial charge in [-0.1, -0.05) is 24.3 Å². The third-order valence-electron chi connectivity index (χ3n) is 4.37. The maximum Gasteiger partial charge on any atom is 0.251 e. The molecule has 0 fully saturated rings. The average molecular weight is 361 g/mol. The van der Waals surface area contributed by atoms with Gasteiger partial charge in [0.1, 0.15) is 5.82 Å². The van der Waals surface area contributed by atoms with E-state index in [2.05, 4.69) is 15.6 Å². The largest absolute Gasteiger partial charge is 0.454 e. The molecule has 2 heterocycles. The van der Waals surface area contributed by atoms with E-state index in [1.807, 2.05) is 49.4 Å². The summed E-state index contributed by atoms with van der Waals surface area (Å²) in [7, 11) is 0. The van der Waals surface area contributed by atoms with E-state index >= 15 is 0 Å². The molecule has 0 aliphatic carbocycles. The number of benzene rings is 2. The topological polar surface area (TPSA) is 72.5 Å². The Kier molecular flexibility index (Phi) is 4.61. The first-order valence-corrected chi connectivity index (χ1v) is 8.64. The number of pyridine rings is 1. The number of aryl methyl sites for hydroxylation is 1. The molecule has 27 heavy (non-hydrogen) atoms. The predicted molar refractivity (Wildman–Crippen MR) is 102 cm³/mol. The minimum absolute atomic E-state index is 0.144. The quantitative estimate of drug-likeness (QED) is 0.723. The van der Waals surface area contributed by atoms with Crippen LogP contribution in [0.25, 0.3) is 0 Å². The van der Waals surface area contributed by atoms with Gasteiger partial charge >= 0.3 is 0 Å². The van der Waals surface area contributed by atoms with Crippen LogP contribution in [-0.2, 0) is 6.54 Å². The maximum absolute atomic E-state index is 12.5. The van der Waals surface area contributed by atoms with Gasteiger partial charge in [0.25, 0.3) is 5.91 Å². The van der Waals surface area contributed by atoms with Crippen LogP contribution in [0, 0.1) is 6.92 Å². The van der Waals surface area contributed by atoms with Crippen molar-refractivity contribution in [3.8, 4) is 11.5 Å². The molecule has 0 radical (unpaired) electrons. The number of nitrogens with one attached hydrogen (secondary N) is 2. The zero-order valence-electron chi connectivity index (χ0n) is 14.9. The van der Waals surface area contributed by atoms with Crippen LogP contribution in [0.1, 0.15) is 21.5 Å². The van der Waals surface area contributed by atoms with Crippen molar-refractivity contribution in [3.05, 3.63) is 77.5 Å². The van der Waals surface area contributed by atoms with Crippen molar-refractivity contribution in [2.45, 2.75) is 13.5 Å². The van der Waals surface area contributed by atoms with E-state index in [1.54, 1.807) is 18.3 Å². The highest BCUT2D eigenvalue weighted by atomic mass is 16.7. The number of aromatic nitrogens is 1. The molecule has 1 aliphatic heterocycles. The lowest BCUT2D eigenvalue weighted by Crippen LogP contribution is -2.23. The van der Waals surface area contributed by atoms with Crippen molar-refractivity contribution in [2.24, 2.45) is 0 Å². The Labute approximate surface area is 157 Å². The molecule has 1 aliphatic rings. The van der Waals surface area contributed by atoms with Gasteiger partial charge in [-0.2, -0.15) is 0 Å². The van der Waals surface area contributed by atoms with Crippen molar-refractivity contribution in [1.82, 2.24) is 10.3 Å². The lowest BCUT2D eigenvalue weighted by molar-refractivity contribution is 0.0951. The van der Waals surface area contributed by atoms with E-state index in [0.717, 1.165) is 22.6 Å². The fourth-order valence-corrected chi connectivity index (χ4v) is 2.85. The van der Waals surface area contributed by atoms with Crippen molar-refractivity contribution < 1.29 is 14.3 Å². The van der Waals surface area contributed by atoms with Gasteiger partial charge in [0.15, 0.2) is 11.5 Å². The van der Waals surface area contributed by atoms with Crippen LogP contribution >= 0.6 is 0 Å². The van der Waals surface area contributed by atoms with Gasteiger partial charge in [-0.05, 0) is 42.3 Å². The zero-order chi connectivity index (χ0) is 18.6. The van der Waals surface area contributed by atoms with E-state index in [0.29, 0.717) is 23.7 Å². The van der Waals surface area contributed by atoms with Crippen molar-refractivity contribution >= 4 is 17.4 Å². The highest BCUT2D eigenvalue weighted by Crippen LogP contribution is 2.34. The van der Waals surface area contributed by atoms with Gasteiger partial charge in [0.2, 0.25) is 6.79 Å². The minimum Gasteiger partial charge on any atom is -0.454 e. The Bertz CT molecular complexity index is 988. The third-order valence-corrected chi connectivity index (χ3v) is 4.37. The molecule has 0 bridgehead atoms. The maximum atomic E-state index is 12.5. The lowest BCUT2D eigenvalue weighted by Gasteiger charge is -2.10. The molecule has 0 spiro atoms. The number of rotatable bonds is 5. The fraction of sp³-hybridized carbons (Fsp3) is 0.143. The highest BCUT2D eigenvalue weighted by molar-refractivity contribution is 5.94. The SMILES string of the molecule is Cc1ccccc1CNC(=O)c1ccnc(Nc2ccc3c(c2)OCO3)c1. The number of ether oxygens (including phenoxy) is 2. The molecule has 3 aromatic rings. The summed E-state index contributed by atoms with van der Waals surface area (Å²) in [5.41, 5.74) is 3.60. The molecule has 1 amide bonds. The van der Waals surface area contributed by atoms with Crippen molar-refractivity contribution in [2.75, 3.05) is 12.1 Å². The van der Waals surface area contributed by atoms with E-state index in [9.17, 15) is 4.79 Å². The molecule has 0 saturated heterocycles. The fourth-order valence-electron chi connectivity index (χ4n) is 2.85. The number of anilines is 2. The van der Waals surface area contributed by atoms with Gasteiger partial charge in [-0.15, -0.1) is 0 Å². The van der Waals surface area contributed by atoms with E-state index < -0.39 is 0 Å². The summed E-state index contributed by atoms with van der Waals surface area (Å²) in [4.78, 5) is 16.8. The van der Waals surface area contributed by atoms with Crippen molar-refractivity contribution in [3.63, 3.8) is 0 Å². The van der Waals surface area contributed by atoms with E-state index in [4.69, 9.17) is 9.47 Å². The van der Waals surface area contributed by atoms with Gasteiger partial charge in [-0.25, -0.2) is 4.98 Å². The summed E-state index contributed by atoms with van der Waals surface area (Å²) in [6.07, 6.45) is 1.61. The summed E-state index contributed by atoms with van der Waals surface area (Å²) in [6, 6.07) is 17.0. The molecular formula is C21H19N3O3. The molecule has 2 N–H and O–H groups in total. The van der Waals surface area contributed by atoms with E-state index in [1.165, 1.54) is 0 Å². The summed E-state index contributed by atoms with van der Waals surface area (Å²) < 4.78 is 10.7. The van der Waals surface area contributed by atoms with Crippen LogP contribution in [0.5, 0.6) is 11.5 Å². The standard InChI is InChI=1S/C21H19N3O3/c1-14-4-2-3-5-16(14)12-23-21(25)15-8-9-22-20(10-15)24-17-6-7-18-19(11-17)27-13-26-18/h2-11H,12-13H2,1H3,(H,22,24)(H,23,25). The first-order chi connectivity index (χ1) is 13.2. The smallest absolute Gasteiger partial charge is 0.251 e. The summed E-state index contributed by atoms with van der Waals surface area (Å²) in [5.74, 6) is 1.84. The Hall–Kier alpha value is -3.54. The zero-order valence-corrected chi connectivity index (χ0v) is 14.9. The first-order valence-electron chi connectivity index (χ1n) is 8.64. The third kappa shape index (κ3) is 3.84. The lowest BCUT2D eigenvalue weighted by atomic mass is 10.1. The van der Waals surface area contributed by atoms with Gasteiger partial charge < -0.3 is 20.1 Å². The molecule has 4 rings (SSSR count). The van der Waals surface area contributed by atoms with Crippen molar-refractivity contribution in [1.29, 1.82) is 0 Å². The van der Waals surface area contributed by atoms with Gasteiger partial charge in [0, 0.05) is 30.1 Å². The average Bonchev–Trinajstić information content (AvgIpc) is 3.15. The molecule has 136 valence electrons. The second kappa shape index (κ2) is 7.37.